The summed E-state index contributed by atoms with van der Waals surface area (Å²) < 4.78 is 37.8. The fraction of sp³-hybridized carbons (Fsp3) is 0.682. The van der Waals surface area contributed by atoms with E-state index in [1.165, 1.54) is 6.92 Å². The Bertz CT molecular complexity index is 561. The molecule has 10 heteroatoms. The Morgan fingerprint density at radius 3 is 1.41 bits per heavy atom. The van der Waals surface area contributed by atoms with Crippen LogP contribution in [0.5, 0.6) is 5.75 Å². The standard InChI is InChI=1S/C22H36ClNO8/c1-20(25)24-21-2-4-22(5-3-21)32-19-18-31-17-16-30-15-14-29-13-12-28-11-10-27-9-8-26-7-6-23/h2-5H,6-19H2,1H3,(H,24,25). The number of carbonyl (C=O) groups is 1. The molecule has 1 N–H and O–H groups in total. The van der Waals surface area contributed by atoms with E-state index in [4.69, 9.17) is 44.8 Å². The number of halogens is 1. The molecule has 0 atom stereocenters. The molecule has 1 amide bonds. The summed E-state index contributed by atoms with van der Waals surface area (Å²) in [6, 6.07) is 7.18. The minimum atomic E-state index is -0.104. The van der Waals surface area contributed by atoms with Crippen LogP contribution in [0, 0.1) is 0 Å². The number of benzene rings is 1. The van der Waals surface area contributed by atoms with Crippen LogP contribution in [0.2, 0.25) is 0 Å². The Morgan fingerprint density at radius 1 is 0.656 bits per heavy atom. The van der Waals surface area contributed by atoms with Gasteiger partial charge in [0.15, 0.2) is 0 Å². The number of amides is 1. The van der Waals surface area contributed by atoms with Gasteiger partial charge in [-0.2, -0.15) is 0 Å². The Kier molecular flexibility index (Phi) is 19.1. The minimum absolute atomic E-state index is 0.104. The second-order valence-corrected chi connectivity index (χ2v) is 6.80. The molecular formula is C22H36ClNO8. The quantitative estimate of drug-likeness (QED) is 0.201. The molecular weight excluding hydrogens is 442 g/mol. The normalized spacial score (nSPS) is 10.9. The van der Waals surface area contributed by atoms with Gasteiger partial charge < -0.3 is 38.5 Å². The average molecular weight is 478 g/mol. The van der Waals surface area contributed by atoms with Gasteiger partial charge in [-0.3, -0.25) is 4.79 Å². The Hall–Kier alpha value is -1.46. The number of hydrogen-bond donors (Lipinski definition) is 1. The van der Waals surface area contributed by atoms with E-state index < -0.39 is 0 Å². The molecule has 1 rings (SSSR count). The van der Waals surface area contributed by atoms with Crippen molar-refractivity contribution in [1.29, 1.82) is 0 Å². The van der Waals surface area contributed by atoms with Crippen molar-refractivity contribution in [2.24, 2.45) is 0 Å². The number of alkyl halides is 1. The molecule has 184 valence electrons. The molecule has 1 aromatic carbocycles. The van der Waals surface area contributed by atoms with Crippen molar-refractivity contribution >= 4 is 23.2 Å². The highest BCUT2D eigenvalue weighted by Gasteiger charge is 1.98. The first-order chi connectivity index (χ1) is 15.7. The van der Waals surface area contributed by atoms with Gasteiger partial charge in [0.25, 0.3) is 0 Å². The summed E-state index contributed by atoms with van der Waals surface area (Å²) in [5, 5.41) is 2.70. The highest BCUT2D eigenvalue weighted by atomic mass is 35.5. The summed E-state index contributed by atoms with van der Waals surface area (Å²) in [5.74, 6) is 1.12. The van der Waals surface area contributed by atoms with Crippen LogP contribution in [-0.2, 0) is 33.2 Å². The third-order valence-corrected chi connectivity index (χ3v) is 3.91. The zero-order valence-electron chi connectivity index (χ0n) is 18.9. The molecule has 0 aliphatic rings. The third-order valence-electron chi connectivity index (χ3n) is 3.75. The Balaban J connectivity index is 1.76. The third kappa shape index (κ3) is 18.1. The molecule has 0 heterocycles. The lowest BCUT2D eigenvalue weighted by Gasteiger charge is -2.09. The summed E-state index contributed by atoms with van der Waals surface area (Å²) >= 11 is 5.49. The summed E-state index contributed by atoms with van der Waals surface area (Å²) in [4.78, 5) is 11.0. The van der Waals surface area contributed by atoms with E-state index in [0.29, 0.717) is 91.8 Å². The van der Waals surface area contributed by atoms with E-state index in [-0.39, 0.29) is 5.91 Å². The van der Waals surface area contributed by atoms with Crippen molar-refractivity contribution in [3.63, 3.8) is 0 Å². The zero-order chi connectivity index (χ0) is 23.1. The zero-order valence-corrected chi connectivity index (χ0v) is 19.6. The predicted molar refractivity (Wildman–Crippen MR) is 122 cm³/mol. The van der Waals surface area contributed by atoms with Crippen LogP contribution < -0.4 is 10.1 Å². The van der Waals surface area contributed by atoms with Gasteiger partial charge in [0.05, 0.1) is 79.3 Å². The molecule has 0 aliphatic carbocycles. The Labute approximate surface area is 195 Å². The van der Waals surface area contributed by atoms with Gasteiger partial charge in [-0.15, -0.1) is 11.6 Å². The van der Waals surface area contributed by atoms with Gasteiger partial charge in [0, 0.05) is 18.5 Å². The molecule has 0 spiro atoms. The van der Waals surface area contributed by atoms with Crippen molar-refractivity contribution < 1.29 is 38.0 Å². The van der Waals surface area contributed by atoms with Gasteiger partial charge in [0.1, 0.15) is 12.4 Å². The number of carbonyl (C=O) groups excluding carboxylic acids is 1. The smallest absolute Gasteiger partial charge is 0.221 e. The lowest BCUT2D eigenvalue weighted by molar-refractivity contribution is -0.114. The number of hydrogen-bond acceptors (Lipinski definition) is 8. The van der Waals surface area contributed by atoms with E-state index in [1.54, 1.807) is 24.3 Å². The average Bonchev–Trinajstić information content (AvgIpc) is 2.78. The van der Waals surface area contributed by atoms with E-state index in [9.17, 15) is 4.79 Å². The van der Waals surface area contributed by atoms with Gasteiger partial charge in [-0.25, -0.2) is 0 Å². The maximum Gasteiger partial charge on any atom is 0.221 e. The van der Waals surface area contributed by atoms with Crippen LogP contribution in [0.15, 0.2) is 24.3 Å². The maximum absolute atomic E-state index is 11.0. The molecule has 0 aromatic heterocycles. The van der Waals surface area contributed by atoms with Gasteiger partial charge in [-0.1, -0.05) is 0 Å². The minimum Gasteiger partial charge on any atom is -0.491 e. The lowest BCUT2D eigenvalue weighted by atomic mass is 10.3. The van der Waals surface area contributed by atoms with Crippen LogP contribution in [0.4, 0.5) is 5.69 Å². The largest absolute Gasteiger partial charge is 0.491 e. The number of rotatable bonds is 22. The highest BCUT2D eigenvalue weighted by Crippen LogP contribution is 2.15. The summed E-state index contributed by atoms with van der Waals surface area (Å²) in [6.07, 6.45) is 0. The van der Waals surface area contributed by atoms with Gasteiger partial charge in [-0.05, 0) is 24.3 Å². The van der Waals surface area contributed by atoms with Crippen molar-refractivity contribution in [2.75, 3.05) is 97.1 Å². The molecule has 0 radical (unpaired) electrons. The monoisotopic (exact) mass is 477 g/mol. The first-order valence-electron chi connectivity index (χ1n) is 10.7. The highest BCUT2D eigenvalue weighted by molar-refractivity contribution is 6.17. The fourth-order valence-corrected chi connectivity index (χ4v) is 2.42. The maximum atomic E-state index is 11.0. The van der Waals surface area contributed by atoms with Crippen molar-refractivity contribution in [3.05, 3.63) is 24.3 Å². The molecule has 9 nitrogen and oxygen atoms in total. The topological polar surface area (TPSA) is 93.7 Å². The van der Waals surface area contributed by atoms with Gasteiger partial charge in [0.2, 0.25) is 5.91 Å². The molecule has 0 unspecified atom stereocenters. The first-order valence-corrected chi connectivity index (χ1v) is 11.3. The van der Waals surface area contributed by atoms with Crippen molar-refractivity contribution in [3.8, 4) is 5.75 Å². The van der Waals surface area contributed by atoms with Crippen LogP contribution in [0.25, 0.3) is 0 Å². The second-order valence-electron chi connectivity index (χ2n) is 6.42. The molecule has 32 heavy (non-hydrogen) atoms. The number of anilines is 1. The van der Waals surface area contributed by atoms with Crippen LogP contribution >= 0.6 is 11.6 Å². The van der Waals surface area contributed by atoms with E-state index in [1.807, 2.05) is 0 Å². The second kappa shape index (κ2) is 21.4. The molecule has 0 bridgehead atoms. The Morgan fingerprint density at radius 2 is 1.03 bits per heavy atom. The SMILES string of the molecule is CC(=O)Nc1ccc(OCCOCCOCCOCCOCCOCCOCCCl)cc1. The molecule has 0 saturated heterocycles. The van der Waals surface area contributed by atoms with E-state index in [0.717, 1.165) is 11.4 Å². The van der Waals surface area contributed by atoms with Gasteiger partial charge >= 0.3 is 0 Å². The summed E-state index contributed by atoms with van der Waals surface area (Å²) in [5.41, 5.74) is 0.736. The van der Waals surface area contributed by atoms with E-state index >= 15 is 0 Å². The van der Waals surface area contributed by atoms with Crippen molar-refractivity contribution in [1.82, 2.24) is 0 Å². The van der Waals surface area contributed by atoms with E-state index in [2.05, 4.69) is 5.32 Å². The van der Waals surface area contributed by atoms with Crippen LogP contribution in [-0.4, -0.2) is 97.7 Å². The first kappa shape index (κ1) is 28.6. The van der Waals surface area contributed by atoms with Crippen LogP contribution in [0.1, 0.15) is 6.92 Å². The lowest BCUT2D eigenvalue weighted by Crippen LogP contribution is -2.15. The van der Waals surface area contributed by atoms with Crippen LogP contribution in [0.3, 0.4) is 0 Å². The number of nitrogens with one attached hydrogen (secondary N) is 1. The molecule has 0 aliphatic heterocycles. The summed E-state index contributed by atoms with van der Waals surface area (Å²) in [7, 11) is 0. The predicted octanol–water partition coefficient (Wildman–Crippen LogP) is 2.36. The fourth-order valence-electron chi connectivity index (χ4n) is 2.31. The van der Waals surface area contributed by atoms with Crippen molar-refractivity contribution in [2.45, 2.75) is 6.92 Å². The number of ether oxygens (including phenoxy) is 7. The molecule has 0 fully saturated rings. The molecule has 1 aromatic rings. The molecule has 0 saturated carbocycles. The summed E-state index contributed by atoms with van der Waals surface area (Å²) in [6.45, 7) is 8.11.